The highest BCUT2D eigenvalue weighted by atomic mass is 32.2. The lowest BCUT2D eigenvalue weighted by Gasteiger charge is -2.06. The highest BCUT2D eigenvalue weighted by Crippen LogP contribution is 2.23. The van der Waals surface area contributed by atoms with E-state index in [0.29, 0.717) is 16.8 Å². The van der Waals surface area contributed by atoms with E-state index in [4.69, 9.17) is 0 Å². The standard InChI is InChI=1S/C16H20N4O2S/c1-10(2)11(3)19-20-16-18-15(22)13(23-16)9-14(21)17-12-7-5-4-6-8-12/h4-8,10,13H,9H2,1-3H3,(H,17,21)(H,18,20,22)/b19-11-. The minimum absolute atomic E-state index is 0.0945. The molecule has 23 heavy (non-hydrogen) atoms. The van der Waals surface area contributed by atoms with Gasteiger partial charge in [0.05, 0.1) is 0 Å². The summed E-state index contributed by atoms with van der Waals surface area (Å²) in [7, 11) is 0. The van der Waals surface area contributed by atoms with E-state index in [1.54, 1.807) is 12.1 Å². The molecule has 2 N–H and O–H groups in total. The number of thioether (sulfide) groups is 1. The molecule has 1 aromatic rings. The van der Waals surface area contributed by atoms with E-state index in [-0.39, 0.29) is 18.2 Å². The van der Waals surface area contributed by atoms with Crippen LogP contribution in [0.2, 0.25) is 0 Å². The second kappa shape index (κ2) is 7.92. The Kier molecular flexibility index (Phi) is 5.92. The van der Waals surface area contributed by atoms with Crippen LogP contribution >= 0.6 is 11.8 Å². The van der Waals surface area contributed by atoms with Crippen LogP contribution in [0.5, 0.6) is 0 Å². The Morgan fingerprint density at radius 1 is 1.35 bits per heavy atom. The predicted molar refractivity (Wildman–Crippen MR) is 94.6 cm³/mol. The first-order valence-corrected chi connectivity index (χ1v) is 8.28. The molecule has 0 aliphatic carbocycles. The van der Waals surface area contributed by atoms with Gasteiger partial charge in [0, 0.05) is 17.8 Å². The van der Waals surface area contributed by atoms with Gasteiger partial charge in [0.25, 0.3) is 0 Å². The molecule has 1 aliphatic heterocycles. The van der Waals surface area contributed by atoms with Gasteiger partial charge in [0.2, 0.25) is 11.8 Å². The fraction of sp³-hybridized carbons (Fsp3) is 0.375. The number of carbonyl (C=O) groups excluding carboxylic acids is 2. The van der Waals surface area contributed by atoms with E-state index in [1.807, 2.05) is 39.0 Å². The highest BCUT2D eigenvalue weighted by molar-refractivity contribution is 8.15. The second-order valence-corrected chi connectivity index (χ2v) is 6.71. The number of hydrogen-bond donors (Lipinski definition) is 2. The van der Waals surface area contributed by atoms with Crippen molar-refractivity contribution in [3.05, 3.63) is 30.3 Å². The molecule has 122 valence electrons. The van der Waals surface area contributed by atoms with Crippen molar-refractivity contribution in [3.63, 3.8) is 0 Å². The molecule has 1 aromatic carbocycles. The monoisotopic (exact) mass is 332 g/mol. The van der Waals surface area contributed by atoms with Crippen LogP contribution in [0.3, 0.4) is 0 Å². The SMILES string of the molecule is C/C(=N/N=C1\NC(=O)C(CC(=O)Nc2ccccc2)S1)C(C)C. The third-order valence-electron chi connectivity index (χ3n) is 3.34. The largest absolute Gasteiger partial charge is 0.326 e. The number of amidine groups is 1. The number of para-hydroxylation sites is 1. The second-order valence-electron chi connectivity index (χ2n) is 5.52. The first kappa shape index (κ1) is 17.2. The first-order valence-electron chi connectivity index (χ1n) is 7.40. The number of hydrogen-bond acceptors (Lipinski definition) is 5. The number of nitrogens with one attached hydrogen (secondary N) is 2. The van der Waals surface area contributed by atoms with Crippen LogP contribution < -0.4 is 10.6 Å². The van der Waals surface area contributed by atoms with E-state index in [1.165, 1.54) is 11.8 Å². The van der Waals surface area contributed by atoms with Crippen molar-refractivity contribution in [2.24, 2.45) is 16.1 Å². The molecule has 1 fully saturated rings. The summed E-state index contributed by atoms with van der Waals surface area (Å²) in [5, 5.41) is 13.5. The molecule has 1 atom stereocenters. The van der Waals surface area contributed by atoms with E-state index < -0.39 is 5.25 Å². The van der Waals surface area contributed by atoms with Gasteiger partial charge in [-0.05, 0) is 25.0 Å². The number of rotatable bonds is 5. The number of benzene rings is 1. The van der Waals surface area contributed by atoms with Gasteiger partial charge in [-0.3, -0.25) is 9.59 Å². The van der Waals surface area contributed by atoms with E-state index in [2.05, 4.69) is 20.8 Å². The summed E-state index contributed by atoms with van der Waals surface area (Å²) in [6.07, 6.45) is 0.0945. The fourth-order valence-electron chi connectivity index (χ4n) is 1.73. The quantitative estimate of drug-likeness (QED) is 0.642. The lowest BCUT2D eigenvalue weighted by atomic mass is 10.1. The van der Waals surface area contributed by atoms with Gasteiger partial charge < -0.3 is 10.6 Å². The minimum atomic E-state index is -0.480. The Hall–Kier alpha value is -2.15. The molecule has 1 aliphatic rings. The highest BCUT2D eigenvalue weighted by Gasteiger charge is 2.32. The van der Waals surface area contributed by atoms with E-state index >= 15 is 0 Å². The van der Waals surface area contributed by atoms with Crippen molar-refractivity contribution >= 4 is 40.1 Å². The number of nitrogens with zero attached hydrogens (tertiary/aromatic N) is 2. The van der Waals surface area contributed by atoms with Crippen molar-refractivity contribution in [2.45, 2.75) is 32.4 Å². The molecule has 0 bridgehead atoms. The molecule has 1 unspecified atom stereocenters. The van der Waals surface area contributed by atoms with Gasteiger partial charge in [0.15, 0.2) is 5.17 Å². The fourth-order valence-corrected chi connectivity index (χ4v) is 2.65. The molecule has 0 saturated carbocycles. The van der Waals surface area contributed by atoms with Gasteiger partial charge in [-0.2, -0.15) is 5.10 Å². The summed E-state index contributed by atoms with van der Waals surface area (Å²) < 4.78 is 0. The van der Waals surface area contributed by atoms with Gasteiger partial charge in [-0.15, -0.1) is 5.10 Å². The normalized spacial score (nSPS) is 20.0. The maximum atomic E-state index is 12.0. The van der Waals surface area contributed by atoms with Crippen LogP contribution in [-0.4, -0.2) is 27.9 Å². The molecule has 7 heteroatoms. The van der Waals surface area contributed by atoms with Crippen LogP contribution in [0.4, 0.5) is 5.69 Å². The van der Waals surface area contributed by atoms with E-state index in [0.717, 1.165) is 5.71 Å². The lowest BCUT2D eigenvalue weighted by Crippen LogP contribution is -2.28. The summed E-state index contributed by atoms with van der Waals surface area (Å²) >= 11 is 1.23. The summed E-state index contributed by atoms with van der Waals surface area (Å²) in [6, 6.07) is 9.16. The van der Waals surface area contributed by atoms with Gasteiger partial charge >= 0.3 is 0 Å². The molecule has 0 radical (unpaired) electrons. The Morgan fingerprint density at radius 2 is 2.04 bits per heavy atom. The van der Waals surface area contributed by atoms with Crippen molar-refractivity contribution in [3.8, 4) is 0 Å². The zero-order valence-corrected chi connectivity index (χ0v) is 14.2. The van der Waals surface area contributed by atoms with Crippen LogP contribution in [0.15, 0.2) is 40.5 Å². The number of anilines is 1. The van der Waals surface area contributed by atoms with Gasteiger partial charge in [0.1, 0.15) is 5.25 Å². The maximum Gasteiger partial charge on any atom is 0.240 e. The topological polar surface area (TPSA) is 82.9 Å². The lowest BCUT2D eigenvalue weighted by molar-refractivity contribution is -0.122. The number of carbonyl (C=O) groups is 2. The smallest absolute Gasteiger partial charge is 0.240 e. The van der Waals surface area contributed by atoms with Crippen molar-refractivity contribution < 1.29 is 9.59 Å². The molecule has 1 heterocycles. The molecule has 6 nitrogen and oxygen atoms in total. The van der Waals surface area contributed by atoms with Crippen molar-refractivity contribution in [1.29, 1.82) is 0 Å². The number of amides is 2. The van der Waals surface area contributed by atoms with Crippen molar-refractivity contribution in [2.75, 3.05) is 5.32 Å². The van der Waals surface area contributed by atoms with Gasteiger partial charge in [-0.25, -0.2) is 0 Å². The van der Waals surface area contributed by atoms with Crippen LogP contribution in [-0.2, 0) is 9.59 Å². The van der Waals surface area contributed by atoms with Crippen LogP contribution in [0.25, 0.3) is 0 Å². The van der Waals surface area contributed by atoms with E-state index in [9.17, 15) is 9.59 Å². The molecule has 1 saturated heterocycles. The summed E-state index contributed by atoms with van der Waals surface area (Å²) in [6.45, 7) is 5.94. The summed E-state index contributed by atoms with van der Waals surface area (Å²) in [4.78, 5) is 23.9. The zero-order chi connectivity index (χ0) is 16.8. The average Bonchev–Trinajstić information content (AvgIpc) is 2.85. The zero-order valence-electron chi connectivity index (χ0n) is 13.4. The Balaban J connectivity index is 1.92. The van der Waals surface area contributed by atoms with Crippen LogP contribution in [0, 0.1) is 5.92 Å². The Labute approximate surface area is 139 Å². The maximum absolute atomic E-state index is 12.0. The van der Waals surface area contributed by atoms with Crippen molar-refractivity contribution in [1.82, 2.24) is 5.32 Å². The third kappa shape index (κ3) is 5.21. The average molecular weight is 332 g/mol. The predicted octanol–water partition coefficient (Wildman–Crippen LogP) is 2.63. The molecule has 2 amide bonds. The molecular formula is C16H20N4O2S. The molecule has 0 spiro atoms. The first-order chi connectivity index (χ1) is 11.0. The minimum Gasteiger partial charge on any atom is -0.326 e. The Morgan fingerprint density at radius 3 is 2.70 bits per heavy atom. The molecule has 2 rings (SSSR count). The molecule has 0 aromatic heterocycles. The summed E-state index contributed by atoms with van der Waals surface area (Å²) in [5.41, 5.74) is 1.60. The molecular weight excluding hydrogens is 312 g/mol. The van der Waals surface area contributed by atoms with Crippen LogP contribution in [0.1, 0.15) is 27.2 Å². The third-order valence-corrected chi connectivity index (χ3v) is 4.41. The van der Waals surface area contributed by atoms with Gasteiger partial charge in [-0.1, -0.05) is 43.8 Å². The summed E-state index contributed by atoms with van der Waals surface area (Å²) in [5.74, 6) is -0.116. The Bertz CT molecular complexity index is 641.